The highest BCUT2D eigenvalue weighted by atomic mass is 31.2. The summed E-state index contributed by atoms with van der Waals surface area (Å²) in [7, 11) is -5.63. The minimum atomic E-state index is -5.63. The third kappa shape index (κ3) is 26.5. The molecule has 1 aliphatic carbocycles. The average Bonchev–Trinajstić information content (AvgIpc) is 3.57. The summed E-state index contributed by atoms with van der Waals surface area (Å²) >= 11 is 0. The van der Waals surface area contributed by atoms with Gasteiger partial charge in [-0.25, -0.2) is 4.57 Å². The highest BCUT2D eigenvalue weighted by Crippen LogP contribution is 2.49. The topological polar surface area (TPSA) is 368 Å². The maximum atomic E-state index is 14.0. The van der Waals surface area contributed by atoms with Crippen LogP contribution in [0.3, 0.4) is 0 Å². The van der Waals surface area contributed by atoms with Gasteiger partial charge >= 0.3 is 19.8 Å². The molecule has 0 radical (unpaired) electrons. The van der Waals surface area contributed by atoms with Gasteiger partial charge in [0.1, 0.15) is 92.1 Å². The fourth-order valence-corrected chi connectivity index (χ4v) is 11.1. The molecule has 1 saturated carbocycles. The van der Waals surface area contributed by atoms with Crippen molar-refractivity contribution < 1.29 is 113 Å². The Bertz CT molecular complexity index is 1580. The second-order valence-corrected chi connectivity index (χ2v) is 23.3. The summed E-state index contributed by atoms with van der Waals surface area (Å²) in [6.45, 7) is 1.02. The lowest BCUT2D eigenvalue weighted by atomic mass is 9.84. The Morgan fingerprint density at radius 2 is 0.759 bits per heavy atom. The van der Waals surface area contributed by atoms with Gasteiger partial charge in [0.2, 0.25) is 0 Å². The first-order valence-electron chi connectivity index (χ1n) is 29.9. The van der Waals surface area contributed by atoms with E-state index in [1.54, 1.807) is 0 Å². The summed E-state index contributed by atoms with van der Waals surface area (Å²) in [5.74, 6) is -1.32. The van der Waals surface area contributed by atoms with Crippen molar-refractivity contribution in [3.8, 4) is 0 Å². The molecular weight excluding hydrogens is 1060 g/mol. The van der Waals surface area contributed by atoms with Crippen molar-refractivity contribution in [3.63, 3.8) is 0 Å². The molecule has 79 heavy (non-hydrogen) atoms. The van der Waals surface area contributed by atoms with Crippen molar-refractivity contribution in [2.24, 2.45) is 0 Å². The van der Waals surface area contributed by atoms with E-state index < -0.39 is 150 Å². The van der Waals surface area contributed by atoms with Crippen molar-refractivity contribution in [2.45, 2.75) is 311 Å². The monoisotopic (exact) mass is 1160 g/mol. The Morgan fingerprint density at radius 3 is 1.11 bits per heavy atom. The summed E-state index contributed by atoms with van der Waals surface area (Å²) in [4.78, 5) is 37.5. The van der Waals surface area contributed by atoms with Crippen LogP contribution in [0.25, 0.3) is 0 Å². The molecule has 24 heteroatoms. The van der Waals surface area contributed by atoms with Crippen LogP contribution in [0.1, 0.15) is 206 Å². The molecule has 2 heterocycles. The molecule has 466 valence electrons. The number of phosphoric acid groups is 1. The maximum Gasteiger partial charge on any atom is 0.472 e. The van der Waals surface area contributed by atoms with Gasteiger partial charge in [-0.3, -0.25) is 18.6 Å². The minimum absolute atomic E-state index is 0.0251. The molecule has 3 rings (SSSR count). The van der Waals surface area contributed by atoms with Gasteiger partial charge in [-0.1, -0.05) is 181 Å². The number of carbonyl (C=O) groups is 2. The van der Waals surface area contributed by atoms with Crippen LogP contribution in [-0.4, -0.2) is 204 Å². The Morgan fingerprint density at radius 1 is 0.430 bits per heavy atom. The van der Waals surface area contributed by atoms with Gasteiger partial charge in [0.15, 0.2) is 18.7 Å². The molecule has 0 aromatic carbocycles. The van der Waals surface area contributed by atoms with Crippen molar-refractivity contribution >= 4 is 19.8 Å². The molecule has 0 amide bonds. The third-order valence-corrected chi connectivity index (χ3v) is 16.2. The van der Waals surface area contributed by atoms with E-state index in [1.807, 2.05) is 0 Å². The molecule has 0 bridgehead atoms. The first kappa shape index (κ1) is 71.7. The lowest BCUT2D eigenvalue weighted by Crippen LogP contribution is -2.69. The summed E-state index contributed by atoms with van der Waals surface area (Å²) < 4.78 is 58.1. The average molecular weight is 1160 g/mol. The molecule has 16 atom stereocenters. The van der Waals surface area contributed by atoms with E-state index in [1.165, 1.54) is 109 Å². The highest BCUT2D eigenvalue weighted by molar-refractivity contribution is 7.47. The van der Waals surface area contributed by atoms with Crippen LogP contribution in [0, 0.1) is 0 Å². The van der Waals surface area contributed by atoms with Crippen molar-refractivity contribution in [1.82, 2.24) is 0 Å². The number of aliphatic hydroxyl groups is 11. The van der Waals surface area contributed by atoms with Gasteiger partial charge in [-0.2, -0.15) is 0 Å². The molecule has 16 unspecified atom stereocenters. The fraction of sp³-hybridized carbons (Fsp3) is 0.964. The van der Waals surface area contributed by atoms with Gasteiger partial charge in [0.25, 0.3) is 0 Å². The van der Waals surface area contributed by atoms with Crippen LogP contribution >= 0.6 is 7.82 Å². The Labute approximate surface area is 468 Å². The SMILES string of the molecule is CCCCCCCCCCCCCCCCCC(=O)OCC(COP(=O)(O)OC1C(OC2OC(CO)C(O)C(O)C2O)C(O)C(O)C(O)C1OC1OC(CO)C(O)C(O)C1O)OC(=O)CCCCCCCCCCCCCCC. The zero-order valence-electron chi connectivity index (χ0n) is 47.2. The maximum absolute atomic E-state index is 14.0. The van der Waals surface area contributed by atoms with E-state index in [0.717, 1.165) is 57.8 Å². The van der Waals surface area contributed by atoms with Crippen LogP contribution in [0.4, 0.5) is 0 Å². The van der Waals surface area contributed by atoms with Crippen LogP contribution in [-0.2, 0) is 51.6 Å². The Balaban J connectivity index is 1.69. The molecular formula is C55H103O23P. The van der Waals surface area contributed by atoms with Gasteiger partial charge in [0.05, 0.1) is 19.8 Å². The van der Waals surface area contributed by atoms with Crippen molar-refractivity contribution in [2.75, 3.05) is 26.4 Å². The molecule has 12 N–H and O–H groups in total. The summed E-state index contributed by atoms with van der Waals surface area (Å²) in [6.07, 6.45) is -3.45. The summed E-state index contributed by atoms with van der Waals surface area (Å²) in [5.41, 5.74) is 0. The number of hydrogen-bond donors (Lipinski definition) is 12. The lowest BCUT2D eigenvalue weighted by molar-refractivity contribution is -0.360. The lowest BCUT2D eigenvalue weighted by Gasteiger charge is -2.49. The summed E-state index contributed by atoms with van der Waals surface area (Å²) in [6, 6.07) is 0. The van der Waals surface area contributed by atoms with Crippen molar-refractivity contribution in [3.05, 3.63) is 0 Å². The first-order chi connectivity index (χ1) is 37.9. The van der Waals surface area contributed by atoms with Gasteiger partial charge in [0, 0.05) is 12.8 Å². The number of rotatable bonds is 44. The van der Waals surface area contributed by atoms with Gasteiger partial charge in [-0.15, -0.1) is 0 Å². The Hall–Kier alpha value is -1.55. The second-order valence-electron chi connectivity index (χ2n) is 21.9. The van der Waals surface area contributed by atoms with E-state index in [9.17, 15) is 75.2 Å². The van der Waals surface area contributed by atoms with E-state index in [4.69, 9.17) is 37.5 Å². The van der Waals surface area contributed by atoms with Crippen LogP contribution in [0.2, 0.25) is 0 Å². The third-order valence-electron chi connectivity index (χ3n) is 15.2. The smallest absolute Gasteiger partial charge is 0.462 e. The van der Waals surface area contributed by atoms with Crippen LogP contribution in [0.5, 0.6) is 0 Å². The van der Waals surface area contributed by atoms with E-state index in [0.29, 0.717) is 12.8 Å². The number of esters is 2. The number of hydrogen-bond acceptors (Lipinski definition) is 22. The molecule has 0 aromatic rings. The molecule has 2 aliphatic heterocycles. The molecule has 2 saturated heterocycles. The zero-order chi connectivity index (χ0) is 58.2. The van der Waals surface area contributed by atoms with Crippen LogP contribution < -0.4 is 0 Å². The number of phosphoric ester groups is 1. The standard InChI is InChI=1S/C55H103O23P/c1-3-5-7-9-11-13-15-17-18-20-21-23-25-27-29-31-40(58)71-35-37(73-41(59)32-30-28-26-24-22-19-16-14-12-10-8-6-4-2)36-72-79(69,70)78-53-51(76-54-49(67)44(62)42(60)38(33-56)74-54)47(65)46(64)48(66)52(53)77-55-50(68)45(63)43(61)39(34-57)75-55/h37-39,42-57,60-68H,3-36H2,1-2H3,(H,69,70). The quantitative estimate of drug-likeness (QED) is 0.0231. The number of aliphatic hydroxyl groups excluding tert-OH is 11. The predicted octanol–water partition coefficient (Wildman–Crippen LogP) is 4.15. The van der Waals surface area contributed by atoms with Crippen LogP contribution in [0.15, 0.2) is 0 Å². The predicted molar refractivity (Wildman–Crippen MR) is 287 cm³/mol. The van der Waals surface area contributed by atoms with Crippen molar-refractivity contribution in [1.29, 1.82) is 0 Å². The van der Waals surface area contributed by atoms with Gasteiger partial charge < -0.3 is 89.5 Å². The molecule has 23 nitrogen and oxygen atoms in total. The first-order valence-corrected chi connectivity index (χ1v) is 31.4. The largest absolute Gasteiger partial charge is 0.472 e. The summed E-state index contributed by atoms with van der Waals surface area (Å²) in [5, 5.41) is 117. The highest BCUT2D eigenvalue weighted by Gasteiger charge is 2.58. The fourth-order valence-electron chi connectivity index (χ4n) is 10.2. The van der Waals surface area contributed by atoms with E-state index >= 15 is 0 Å². The molecule has 3 aliphatic rings. The normalized spacial score (nSPS) is 31.4. The van der Waals surface area contributed by atoms with E-state index in [-0.39, 0.29) is 12.8 Å². The Kier molecular flexibility index (Phi) is 36.9. The minimum Gasteiger partial charge on any atom is -0.462 e. The number of ether oxygens (including phenoxy) is 6. The molecule has 3 fully saturated rings. The molecule has 0 spiro atoms. The second kappa shape index (κ2) is 40.7. The number of carbonyl (C=O) groups excluding carboxylic acids is 2. The van der Waals surface area contributed by atoms with E-state index in [2.05, 4.69) is 13.8 Å². The zero-order valence-corrected chi connectivity index (χ0v) is 48.1. The van der Waals surface area contributed by atoms with Gasteiger partial charge in [-0.05, 0) is 12.8 Å². The molecule has 0 aromatic heterocycles. The number of unbranched alkanes of at least 4 members (excludes halogenated alkanes) is 26.